The topological polar surface area (TPSA) is 66.0 Å². The summed E-state index contributed by atoms with van der Waals surface area (Å²) in [6, 6.07) is 8.65. The monoisotopic (exact) mass is 412 g/mol. The van der Waals surface area contributed by atoms with Crippen LogP contribution in [0.1, 0.15) is 5.76 Å². The van der Waals surface area contributed by atoms with Crippen molar-refractivity contribution in [3.8, 4) is 6.07 Å². The van der Waals surface area contributed by atoms with E-state index in [2.05, 4.69) is 37.2 Å². The molecule has 0 aliphatic carbocycles. The minimum absolute atomic E-state index is 0.131. The number of hydrogen-bond donors (Lipinski definition) is 1. The number of nitrogens with zero attached hydrogens (tertiary/aromatic N) is 1. The quantitative estimate of drug-likeness (QED) is 0.595. The van der Waals surface area contributed by atoms with Gasteiger partial charge in [-0.3, -0.25) is 4.79 Å². The van der Waals surface area contributed by atoms with Crippen molar-refractivity contribution in [3.05, 3.63) is 56.6 Å². The van der Waals surface area contributed by atoms with Crippen LogP contribution in [0.25, 0.3) is 6.08 Å². The van der Waals surface area contributed by atoms with E-state index >= 15 is 0 Å². The van der Waals surface area contributed by atoms with Crippen molar-refractivity contribution in [1.29, 1.82) is 5.26 Å². The first-order valence-corrected chi connectivity index (χ1v) is 7.21. The Bertz CT molecular complexity index is 726. The fraction of sp³-hybridized carbons (Fsp3) is 0. The molecule has 1 aromatic carbocycles. The van der Waals surface area contributed by atoms with E-state index in [0.29, 0.717) is 20.6 Å². The fourth-order valence-corrected chi connectivity index (χ4v) is 2.06. The second kappa shape index (κ2) is 6.70. The van der Waals surface area contributed by atoms with E-state index in [1.54, 1.807) is 12.1 Å². The molecule has 0 unspecified atom stereocenters. The highest BCUT2D eigenvalue weighted by Gasteiger charge is 2.12. The molecule has 1 aromatic heterocycles. The Morgan fingerprint density at radius 2 is 2.00 bits per heavy atom. The zero-order valence-corrected chi connectivity index (χ0v) is 13.5. The number of nitriles is 1. The highest BCUT2D eigenvalue weighted by atomic mass is 79.9. The normalized spacial score (nSPS) is 11.0. The SMILES string of the molecule is N#C/C(=C/c1cc(Br)c(Br)o1)C(=O)Nc1ccc(F)cc1. The summed E-state index contributed by atoms with van der Waals surface area (Å²) in [7, 11) is 0. The lowest BCUT2D eigenvalue weighted by Gasteiger charge is -2.03. The first-order chi connectivity index (χ1) is 9.99. The maximum atomic E-state index is 12.8. The molecule has 4 nitrogen and oxygen atoms in total. The molecule has 0 radical (unpaired) electrons. The van der Waals surface area contributed by atoms with Gasteiger partial charge in [0.25, 0.3) is 5.91 Å². The van der Waals surface area contributed by atoms with Crippen LogP contribution in [-0.4, -0.2) is 5.91 Å². The third-order valence-electron chi connectivity index (χ3n) is 2.42. The number of halogens is 3. The minimum Gasteiger partial charge on any atom is -0.449 e. The molecule has 106 valence electrons. The number of furan rings is 1. The predicted octanol–water partition coefficient (Wildman–Crippen LogP) is 4.49. The van der Waals surface area contributed by atoms with Crippen molar-refractivity contribution in [2.75, 3.05) is 5.32 Å². The Morgan fingerprint density at radius 3 is 2.52 bits per heavy atom. The van der Waals surface area contributed by atoms with Crippen LogP contribution in [-0.2, 0) is 4.79 Å². The first kappa shape index (κ1) is 15.5. The van der Waals surface area contributed by atoms with Crippen molar-refractivity contribution in [1.82, 2.24) is 0 Å². The van der Waals surface area contributed by atoms with Gasteiger partial charge in [-0.15, -0.1) is 0 Å². The summed E-state index contributed by atoms with van der Waals surface area (Å²) in [5, 5.41) is 11.6. The maximum absolute atomic E-state index is 12.8. The smallest absolute Gasteiger partial charge is 0.266 e. The predicted molar refractivity (Wildman–Crippen MR) is 82.7 cm³/mol. The molecule has 21 heavy (non-hydrogen) atoms. The summed E-state index contributed by atoms with van der Waals surface area (Å²) in [6.45, 7) is 0. The molecule has 0 aliphatic heterocycles. The van der Waals surface area contributed by atoms with Gasteiger partial charge in [0.05, 0.1) is 4.47 Å². The Kier molecular flexibility index (Phi) is 4.94. The molecule has 1 N–H and O–H groups in total. The van der Waals surface area contributed by atoms with Crippen molar-refractivity contribution >= 4 is 49.5 Å². The third kappa shape index (κ3) is 4.03. The standard InChI is InChI=1S/C14H7Br2FN2O2/c15-12-6-11(21-13(12)16)5-8(7-18)14(20)19-10-3-1-9(17)2-4-10/h1-6H,(H,19,20)/b8-5-. The molecule has 2 aromatic rings. The molecule has 1 amide bonds. The van der Waals surface area contributed by atoms with Crippen LogP contribution in [0.3, 0.4) is 0 Å². The minimum atomic E-state index is -0.604. The molecule has 1 heterocycles. The van der Waals surface area contributed by atoms with Crippen LogP contribution in [0.2, 0.25) is 0 Å². The van der Waals surface area contributed by atoms with Crippen molar-refractivity contribution < 1.29 is 13.6 Å². The van der Waals surface area contributed by atoms with E-state index in [0.717, 1.165) is 0 Å². The van der Waals surface area contributed by atoms with Crippen LogP contribution in [0.15, 0.2) is 49.5 Å². The zero-order valence-electron chi connectivity index (χ0n) is 10.4. The number of nitrogens with one attached hydrogen (secondary N) is 1. The molecule has 0 atom stereocenters. The van der Waals surface area contributed by atoms with Crippen LogP contribution < -0.4 is 5.32 Å². The zero-order chi connectivity index (χ0) is 15.4. The number of amides is 1. The third-order valence-corrected chi connectivity index (χ3v) is 4.13. The van der Waals surface area contributed by atoms with Gasteiger partial charge in [-0.2, -0.15) is 5.26 Å². The van der Waals surface area contributed by atoms with E-state index in [9.17, 15) is 9.18 Å². The number of carbonyl (C=O) groups is 1. The van der Waals surface area contributed by atoms with Crippen LogP contribution in [0, 0.1) is 17.1 Å². The summed E-state index contributed by atoms with van der Waals surface area (Å²) in [5.41, 5.74) is 0.262. The molecular weight excluding hydrogens is 407 g/mol. The molecule has 0 bridgehead atoms. The van der Waals surface area contributed by atoms with Crippen LogP contribution in [0.4, 0.5) is 10.1 Å². The lowest BCUT2D eigenvalue weighted by molar-refractivity contribution is -0.112. The van der Waals surface area contributed by atoms with Gasteiger partial charge in [0.15, 0.2) is 4.67 Å². The van der Waals surface area contributed by atoms with Crippen molar-refractivity contribution in [2.24, 2.45) is 0 Å². The van der Waals surface area contributed by atoms with Gasteiger partial charge < -0.3 is 9.73 Å². The van der Waals surface area contributed by atoms with E-state index in [-0.39, 0.29) is 5.57 Å². The molecule has 0 aliphatic rings. The number of benzene rings is 1. The summed E-state index contributed by atoms with van der Waals surface area (Å²) in [4.78, 5) is 12.0. The number of rotatable bonds is 3. The molecule has 0 saturated carbocycles. The summed E-state index contributed by atoms with van der Waals surface area (Å²) in [5.74, 6) is -0.665. The maximum Gasteiger partial charge on any atom is 0.266 e. The average molecular weight is 414 g/mol. The second-order valence-electron chi connectivity index (χ2n) is 3.90. The van der Waals surface area contributed by atoms with Gasteiger partial charge in [-0.1, -0.05) is 0 Å². The van der Waals surface area contributed by atoms with Gasteiger partial charge >= 0.3 is 0 Å². The highest BCUT2D eigenvalue weighted by molar-refractivity contribution is 9.13. The number of anilines is 1. The van der Waals surface area contributed by atoms with E-state index < -0.39 is 11.7 Å². The van der Waals surface area contributed by atoms with Gasteiger partial charge in [0.1, 0.15) is 23.2 Å². The van der Waals surface area contributed by atoms with Gasteiger partial charge in [0.2, 0.25) is 0 Å². The van der Waals surface area contributed by atoms with Crippen molar-refractivity contribution in [3.63, 3.8) is 0 Å². The molecule has 7 heteroatoms. The molecule has 0 spiro atoms. The van der Waals surface area contributed by atoms with E-state index in [1.165, 1.54) is 30.3 Å². The Morgan fingerprint density at radius 1 is 1.33 bits per heavy atom. The largest absolute Gasteiger partial charge is 0.449 e. The van der Waals surface area contributed by atoms with Crippen LogP contribution >= 0.6 is 31.9 Å². The number of carbonyl (C=O) groups excluding carboxylic acids is 1. The van der Waals surface area contributed by atoms with Gasteiger partial charge in [-0.25, -0.2) is 4.39 Å². The fourth-order valence-electron chi connectivity index (χ4n) is 1.46. The van der Waals surface area contributed by atoms with E-state index in [1.807, 2.05) is 0 Å². The van der Waals surface area contributed by atoms with E-state index in [4.69, 9.17) is 9.68 Å². The lowest BCUT2D eigenvalue weighted by atomic mass is 10.2. The van der Waals surface area contributed by atoms with Crippen molar-refractivity contribution in [2.45, 2.75) is 0 Å². The molecule has 2 rings (SSSR count). The van der Waals surface area contributed by atoms with Gasteiger partial charge in [0, 0.05) is 11.8 Å². The lowest BCUT2D eigenvalue weighted by Crippen LogP contribution is -2.13. The van der Waals surface area contributed by atoms with Crippen LogP contribution in [0.5, 0.6) is 0 Å². The summed E-state index contributed by atoms with van der Waals surface area (Å²) >= 11 is 6.40. The molecular formula is C14H7Br2FN2O2. The molecule has 0 fully saturated rings. The second-order valence-corrected chi connectivity index (χ2v) is 5.48. The average Bonchev–Trinajstić information content (AvgIpc) is 2.77. The van der Waals surface area contributed by atoms with Gasteiger partial charge in [-0.05, 0) is 62.2 Å². The highest BCUT2D eigenvalue weighted by Crippen LogP contribution is 2.28. The Balaban J connectivity index is 2.19. The Hall–Kier alpha value is -1.91. The first-order valence-electron chi connectivity index (χ1n) is 5.63. The Labute approximate surface area is 136 Å². The molecule has 0 saturated heterocycles. The summed E-state index contributed by atoms with van der Waals surface area (Å²) < 4.78 is 19.2. The summed E-state index contributed by atoms with van der Waals surface area (Å²) in [6.07, 6.45) is 1.31. The number of hydrogen-bond acceptors (Lipinski definition) is 3.